The molecule has 3 rings (SSSR count). The van der Waals surface area contributed by atoms with Gasteiger partial charge in [-0.2, -0.15) is 0 Å². The quantitative estimate of drug-likeness (QED) is 0.763. The van der Waals surface area contributed by atoms with Crippen LogP contribution in [0.4, 0.5) is 5.13 Å². The number of carbonyl (C=O) groups excluding carboxylic acids is 1. The van der Waals surface area contributed by atoms with E-state index >= 15 is 0 Å². The third kappa shape index (κ3) is 3.13. The average molecular weight is 344 g/mol. The van der Waals surface area contributed by atoms with Gasteiger partial charge < -0.3 is 9.26 Å². The summed E-state index contributed by atoms with van der Waals surface area (Å²) in [7, 11) is 1.62. The maximum atomic E-state index is 12.4. The first kappa shape index (κ1) is 16.1. The van der Waals surface area contributed by atoms with E-state index in [4.69, 9.17) is 9.26 Å². The van der Waals surface area contributed by atoms with Crippen molar-refractivity contribution in [2.75, 3.05) is 12.4 Å². The molecule has 0 aliphatic heterocycles. The molecule has 0 radical (unpaired) electrons. The average Bonchev–Trinajstić information content (AvgIpc) is 3.21. The Bertz CT molecular complexity index is 855. The number of ether oxygens (including phenoxy) is 1. The van der Waals surface area contributed by atoms with Crippen molar-refractivity contribution in [2.24, 2.45) is 0 Å². The van der Waals surface area contributed by atoms with Gasteiger partial charge in [-0.15, -0.1) is 10.2 Å². The van der Waals surface area contributed by atoms with Crippen molar-refractivity contribution in [3.8, 4) is 16.3 Å². The van der Waals surface area contributed by atoms with E-state index in [1.165, 1.54) is 11.3 Å². The van der Waals surface area contributed by atoms with Gasteiger partial charge in [-0.05, 0) is 37.6 Å². The highest BCUT2D eigenvalue weighted by molar-refractivity contribution is 7.18. The maximum absolute atomic E-state index is 12.4. The Hall–Kier alpha value is -2.74. The Morgan fingerprint density at radius 1 is 1.29 bits per heavy atom. The van der Waals surface area contributed by atoms with Crippen LogP contribution in [0.1, 0.15) is 28.7 Å². The minimum Gasteiger partial charge on any atom is -0.497 e. The molecule has 0 bridgehead atoms. The van der Waals surface area contributed by atoms with Crippen molar-refractivity contribution < 1.29 is 14.1 Å². The molecule has 0 atom stereocenters. The zero-order valence-corrected chi connectivity index (χ0v) is 14.3. The lowest BCUT2D eigenvalue weighted by molar-refractivity contribution is 0.102. The number of anilines is 1. The molecule has 124 valence electrons. The van der Waals surface area contributed by atoms with E-state index in [9.17, 15) is 4.79 Å². The number of aryl methyl sites for hydroxylation is 2. The van der Waals surface area contributed by atoms with E-state index in [2.05, 4.69) is 20.7 Å². The number of rotatable bonds is 5. The highest BCUT2D eigenvalue weighted by atomic mass is 32.1. The van der Waals surface area contributed by atoms with Crippen LogP contribution in [0, 0.1) is 6.92 Å². The van der Waals surface area contributed by atoms with Crippen molar-refractivity contribution in [1.29, 1.82) is 0 Å². The number of nitrogens with zero attached hydrogens (tertiary/aromatic N) is 3. The first-order chi connectivity index (χ1) is 11.6. The summed E-state index contributed by atoms with van der Waals surface area (Å²) in [6, 6.07) is 7.49. The van der Waals surface area contributed by atoms with Crippen LogP contribution < -0.4 is 10.1 Å². The molecule has 0 saturated heterocycles. The molecule has 1 aromatic carbocycles. The Balaban J connectivity index is 1.78. The molecule has 24 heavy (non-hydrogen) atoms. The van der Waals surface area contributed by atoms with Crippen LogP contribution in [-0.4, -0.2) is 28.4 Å². The number of hydrogen-bond acceptors (Lipinski definition) is 7. The highest BCUT2D eigenvalue weighted by Crippen LogP contribution is 2.28. The molecular formula is C16H16N4O3S. The van der Waals surface area contributed by atoms with E-state index in [0.29, 0.717) is 33.6 Å². The summed E-state index contributed by atoms with van der Waals surface area (Å²) < 4.78 is 10.2. The van der Waals surface area contributed by atoms with Crippen molar-refractivity contribution in [3.63, 3.8) is 0 Å². The Labute approximate surface area is 142 Å². The summed E-state index contributed by atoms with van der Waals surface area (Å²) in [5.74, 6) is 0.971. The first-order valence-electron chi connectivity index (χ1n) is 7.36. The van der Waals surface area contributed by atoms with Crippen LogP contribution in [0.5, 0.6) is 5.75 Å². The molecule has 3 aromatic rings. The summed E-state index contributed by atoms with van der Waals surface area (Å²) >= 11 is 1.30. The van der Waals surface area contributed by atoms with E-state index in [1.807, 2.05) is 31.2 Å². The van der Waals surface area contributed by atoms with Gasteiger partial charge in [0.25, 0.3) is 5.91 Å². The number of hydrogen-bond donors (Lipinski definition) is 1. The summed E-state index contributed by atoms with van der Waals surface area (Å²) in [6.07, 6.45) is 0.618. The van der Waals surface area contributed by atoms with Crippen molar-refractivity contribution in [3.05, 3.63) is 41.3 Å². The lowest BCUT2D eigenvalue weighted by Gasteiger charge is -2.01. The smallest absolute Gasteiger partial charge is 0.263 e. The third-order valence-corrected chi connectivity index (χ3v) is 4.37. The van der Waals surface area contributed by atoms with E-state index < -0.39 is 0 Å². The minimum atomic E-state index is -0.289. The number of amides is 1. The van der Waals surface area contributed by atoms with Gasteiger partial charge in [-0.1, -0.05) is 23.4 Å². The van der Waals surface area contributed by atoms with E-state index in [1.54, 1.807) is 14.0 Å². The number of carbonyl (C=O) groups is 1. The van der Waals surface area contributed by atoms with Gasteiger partial charge in [-0.25, -0.2) is 0 Å². The molecule has 0 fully saturated rings. The molecule has 0 aliphatic rings. The summed E-state index contributed by atoms with van der Waals surface area (Å²) in [6.45, 7) is 3.63. The zero-order chi connectivity index (χ0) is 17.1. The molecule has 7 nitrogen and oxygen atoms in total. The standard InChI is InChI=1S/C16H16N4O3S/c1-4-12-13(9(2)23-20-12)14(21)17-16-19-18-15(24-16)10-5-7-11(22-3)8-6-10/h5-8H,4H2,1-3H3,(H,17,19,21). The van der Waals surface area contributed by atoms with Crippen LogP contribution in [0.15, 0.2) is 28.8 Å². The number of aromatic nitrogens is 3. The van der Waals surface area contributed by atoms with Gasteiger partial charge in [0.1, 0.15) is 22.1 Å². The minimum absolute atomic E-state index is 0.289. The zero-order valence-electron chi connectivity index (χ0n) is 13.5. The van der Waals surface area contributed by atoms with Gasteiger partial charge >= 0.3 is 0 Å². The summed E-state index contributed by atoms with van der Waals surface area (Å²) in [4.78, 5) is 12.4. The Kier molecular flexibility index (Phi) is 4.57. The first-order valence-corrected chi connectivity index (χ1v) is 8.18. The summed E-state index contributed by atoms with van der Waals surface area (Å²) in [5.41, 5.74) is 1.99. The SMILES string of the molecule is CCc1noc(C)c1C(=O)Nc1nnc(-c2ccc(OC)cc2)s1. The second kappa shape index (κ2) is 6.79. The van der Waals surface area contributed by atoms with Gasteiger partial charge in [0, 0.05) is 5.56 Å². The fourth-order valence-electron chi connectivity index (χ4n) is 2.23. The molecule has 0 aliphatic carbocycles. The number of benzene rings is 1. The molecule has 1 amide bonds. The normalized spacial score (nSPS) is 10.6. The fourth-order valence-corrected chi connectivity index (χ4v) is 2.98. The molecular weight excluding hydrogens is 328 g/mol. The monoisotopic (exact) mass is 344 g/mol. The van der Waals surface area contributed by atoms with Crippen LogP contribution in [0.25, 0.3) is 10.6 Å². The van der Waals surface area contributed by atoms with Gasteiger partial charge in [0.2, 0.25) is 5.13 Å². The van der Waals surface area contributed by atoms with Crippen molar-refractivity contribution in [1.82, 2.24) is 15.4 Å². The topological polar surface area (TPSA) is 90.1 Å². The van der Waals surface area contributed by atoms with Crippen LogP contribution in [-0.2, 0) is 6.42 Å². The Morgan fingerprint density at radius 2 is 2.04 bits per heavy atom. The van der Waals surface area contributed by atoms with Crippen LogP contribution in [0.3, 0.4) is 0 Å². The molecule has 0 spiro atoms. The van der Waals surface area contributed by atoms with E-state index in [0.717, 1.165) is 11.3 Å². The second-order valence-corrected chi connectivity index (χ2v) is 5.99. The fraction of sp³-hybridized carbons (Fsp3) is 0.250. The molecule has 2 heterocycles. The molecule has 1 N–H and O–H groups in total. The predicted octanol–water partition coefficient (Wildman–Crippen LogP) is 3.32. The van der Waals surface area contributed by atoms with Crippen molar-refractivity contribution >= 4 is 22.4 Å². The van der Waals surface area contributed by atoms with Crippen molar-refractivity contribution in [2.45, 2.75) is 20.3 Å². The maximum Gasteiger partial charge on any atom is 0.263 e. The van der Waals surface area contributed by atoms with Gasteiger partial charge in [0.15, 0.2) is 0 Å². The lowest BCUT2D eigenvalue weighted by Crippen LogP contribution is -2.14. The van der Waals surface area contributed by atoms with Crippen LogP contribution >= 0.6 is 11.3 Å². The van der Waals surface area contributed by atoms with E-state index in [-0.39, 0.29) is 5.91 Å². The van der Waals surface area contributed by atoms with Crippen LogP contribution in [0.2, 0.25) is 0 Å². The Morgan fingerprint density at radius 3 is 2.71 bits per heavy atom. The number of nitrogens with one attached hydrogen (secondary N) is 1. The highest BCUT2D eigenvalue weighted by Gasteiger charge is 2.20. The number of methoxy groups -OCH3 is 1. The third-order valence-electron chi connectivity index (χ3n) is 3.48. The molecule has 2 aromatic heterocycles. The largest absolute Gasteiger partial charge is 0.497 e. The molecule has 0 unspecified atom stereocenters. The molecule has 8 heteroatoms. The predicted molar refractivity (Wildman–Crippen MR) is 90.5 cm³/mol. The van der Waals surface area contributed by atoms with Gasteiger partial charge in [-0.3, -0.25) is 10.1 Å². The van der Waals surface area contributed by atoms with Gasteiger partial charge in [0.05, 0.1) is 12.8 Å². The lowest BCUT2D eigenvalue weighted by atomic mass is 10.1. The second-order valence-electron chi connectivity index (χ2n) is 5.01. The molecule has 0 saturated carbocycles. The summed E-state index contributed by atoms with van der Waals surface area (Å²) in [5, 5.41) is 15.9.